The van der Waals surface area contributed by atoms with Crippen LogP contribution in [0.1, 0.15) is 51.9 Å². The van der Waals surface area contributed by atoms with Crippen LogP contribution in [-0.4, -0.2) is 60.5 Å². The third-order valence-corrected chi connectivity index (χ3v) is 5.64. The molecule has 0 aromatic heterocycles. The van der Waals surface area contributed by atoms with Crippen LogP contribution in [0.2, 0.25) is 0 Å². The zero-order valence-corrected chi connectivity index (χ0v) is 13.5. The molecule has 1 amide bonds. The van der Waals surface area contributed by atoms with Gasteiger partial charge in [0.2, 0.25) is 5.91 Å². The summed E-state index contributed by atoms with van der Waals surface area (Å²) in [6.07, 6.45) is 8.43. The lowest BCUT2D eigenvalue weighted by Gasteiger charge is -2.32. The molecule has 1 unspecified atom stereocenters. The number of amides is 1. The first-order valence-corrected chi connectivity index (χ1v) is 9.00. The summed E-state index contributed by atoms with van der Waals surface area (Å²) < 4.78 is 0. The second kappa shape index (κ2) is 7.10. The molecule has 120 valence electrons. The van der Waals surface area contributed by atoms with Crippen LogP contribution in [0.5, 0.6) is 0 Å². The molecular weight excluding hydrogens is 262 g/mol. The predicted octanol–water partition coefficient (Wildman–Crippen LogP) is 1.85. The van der Waals surface area contributed by atoms with Crippen LogP contribution in [0, 0.1) is 5.92 Å². The largest absolute Gasteiger partial charge is 0.342 e. The van der Waals surface area contributed by atoms with Crippen molar-refractivity contribution in [2.45, 2.75) is 64.0 Å². The van der Waals surface area contributed by atoms with E-state index in [4.69, 9.17) is 0 Å². The van der Waals surface area contributed by atoms with E-state index in [-0.39, 0.29) is 5.92 Å². The van der Waals surface area contributed by atoms with Gasteiger partial charge in [0.05, 0.1) is 0 Å². The minimum atomic E-state index is 0.268. The minimum absolute atomic E-state index is 0.268. The maximum absolute atomic E-state index is 12.8. The van der Waals surface area contributed by atoms with Crippen molar-refractivity contribution in [3.8, 4) is 0 Å². The molecule has 4 nitrogen and oxygen atoms in total. The zero-order valence-electron chi connectivity index (χ0n) is 13.5. The third-order valence-electron chi connectivity index (χ3n) is 5.64. The van der Waals surface area contributed by atoms with E-state index in [0.29, 0.717) is 11.9 Å². The van der Waals surface area contributed by atoms with Gasteiger partial charge < -0.3 is 15.1 Å². The van der Waals surface area contributed by atoms with Crippen molar-refractivity contribution in [1.82, 2.24) is 15.1 Å². The maximum Gasteiger partial charge on any atom is 0.225 e. The number of piperidine rings is 1. The lowest BCUT2D eigenvalue weighted by atomic mass is 9.92. The highest BCUT2D eigenvalue weighted by Crippen LogP contribution is 2.24. The van der Waals surface area contributed by atoms with Crippen molar-refractivity contribution in [2.24, 2.45) is 5.92 Å². The molecule has 0 bridgehead atoms. The number of hydrogen-bond donors (Lipinski definition) is 1. The summed E-state index contributed by atoms with van der Waals surface area (Å²) in [6, 6.07) is 1.23. The first-order valence-electron chi connectivity index (χ1n) is 9.00. The van der Waals surface area contributed by atoms with Gasteiger partial charge >= 0.3 is 0 Å². The molecule has 0 aromatic rings. The summed E-state index contributed by atoms with van der Waals surface area (Å²) in [5.74, 6) is 0.704. The molecular formula is C17H31N3O. The number of carbonyl (C=O) groups is 1. The summed E-state index contributed by atoms with van der Waals surface area (Å²) in [6.45, 7) is 7.74. The van der Waals surface area contributed by atoms with E-state index in [1.807, 2.05) is 0 Å². The number of nitrogens with one attached hydrogen (secondary N) is 1. The van der Waals surface area contributed by atoms with Crippen LogP contribution in [0.25, 0.3) is 0 Å². The van der Waals surface area contributed by atoms with Gasteiger partial charge in [0.1, 0.15) is 0 Å². The number of nitrogens with zero attached hydrogens (tertiary/aromatic N) is 2. The van der Waals surface area contributed by atoms with Crippen molar-refractivity contribution in [3.05, 3.63) is 0 Å². The summed E-state index contributed by atoms with van der Waals surface area (Å²) in [5.41, 5.74) is 0. The van der Waals surface area contributed by atoms with E-state index in [0.717, 1.165) is 38.5 Å². The lowest BCUT2D eigenvalue weighted by molar-refractivity contribution is -0.136. The predicted molar refractivity (Wildman–Crippen MR) is 85.2 cm³/mol. The number of rotatable bonds is 2. The van der Waals surface area contributed by atoms with E-state index < -0.39 is 0 Å². The van der Waals surface area contributed by atoms with Gasteiger partial charge in [0.15, 0.2) is 0 Å². The average Bonchev–Trinajstić information content (AvgIpc) is 2.91. The SMILES string of the molecule is C[C@H]1C[C@@H](C(=O)N2CCCC(N3CCCC3)CC2)CCN1. The molecule has 0 aliphatic carbocycles. The lowest BCUT2D eigenvalue weighted by Crippen LogP contribution is -2.44. The van der Waals surface area contributed by atoms with Crippen molar-refractivity contribution >= 4 is 5.91 Å². The van der Waals surface area contributed by atoms with Crippen LogP contribution < -0.4 is 5.32 Å². The Morgan fingerprint density at radius 1 is 1.00 bits per heavy atom. The average molecular weight is 293 g/mol. The Balaban J connectivity index is 1.53. The summed E-state index contributed by atoms with van der Waals surface area (Å²) in [4.78, 5) is 17.6. The molecule has 0 saturated carbocycles. The van der Waals surface area contributed by atoms with Gasteiger partial charge in [-0.05, 0) is 71.5 Å². The molecule has 1 N–H and O–H groups in total. The van der Waals surface area contributed by atoms with E-state index in [1.165, 1.54) is 45.2 Å². The number of hydrogen-bond acceptors (Lipinski definition) is 3. The molecule has 3 fully saturated rings. The van der Waals surface area contributed by atoms with E-state index in [2.05, 4.69) is 22.0 Å². The monoisotopic (exact) mass is 293 g/mol. The molecule has 0 aromatic carbocycles. The van der Waals surface area contributed by atoms with Crippen molar-refractivity contribution in [2.75, 3.05) is 32.7 Å². The summed E-state index contributed by atoms with van der Waals surface area (Å²) in [5, 5.41) is 3.45. The van der Waals surface area contributed by atoms with Gasteiger partial charge in [-0.15, -0.1) is 0 Å². The second-order valence-electron chi connectivity index (χ2n) is 7.23. The van der Waals surface area contributed by atoms with E-state index >= 15 is 0 Å². The van der Waals surface area contributed by atoms with Crippen molar-refractivity contribution in [1.29, 1.82) is 0 Å². The fourth-order valence-corrected chi connectivity index (χ4v) is 4.39. The molecule has 3 saturated heterocycles. The minimum Gasteiger partial charge on any atom is -0.342 e. The Labute approximate surface area is 129 Å². The van der Waals surface area contributed by atoms with Gasteiger partial charge in [-0.25, -0.2) is 0 Å². The van der Waals surface area contributed by atoms with Gasteiger partial charge in [-0.1, -0.05) is 0 Å². The molecule has 4 heteroatoms. The smallest absolute Gasteiger partial charge is 0.225 e. The number of carbonyl (C=O) groups excluding carboxylic acids is 1. The van der Waals surface area contributed by atoms with Crippen LogP contribution >= 0.6 is 0 Å². The molecule has 3 aliphatic heterocycles. The van der Waals surface area contributed by atoms with E-state index in [9.17, 15) is 4.79 Å². The highest BCUT2D eigenvalue weighted by atomic mass is 16.2. The summed E-state index contributed by atoms with van der Waals surface area (Å²) >= 11 is 0. The molecule has 21 heavy (non-hydrogen) atoms. The zero-order chi connectivity index (χ0) is 14.7. The van der Waals surface area contributed by atoms with Crippen LogP contribution in [-0.2, 0) is 4.79 Å². The Kier molecular flexibility index (Phi) is 5.17. The van der Waals surface area contributed by atoms with Gasteiger partial charge in [0, 0.05) is 31.1 Å². The van der Waals surface area contributed by atoms with Crippen molar-refractivity contribution in [3.63, 3.8) is 0 Å². The van der Waals surface area contributed by atoms with Crippen LogP contribution in [0.15, 0.2) is 0 Å². The Morgan fingerprint density at radius 3 is 2.57 bits per heavy atom. The Morgan fingerprint density at radius 2 is 1.81 bits per heavy atom. The van der Waals surface area contributed by atoms with Gasteiger partial charge in [-0.3, -0.25) is 4.79 Å². The fourth-order valence-electron chi connectivity index (χ4n) is 4.39. The highest BCUT2D eigenvalue weighted by molar-refractivity contribution is 5.79. The van der Waals surface area contributed by atoms with E-state index in [1.54, 1.807) is 0 Å². The standard InChI is InChI=1S/C17H31N3O/c1-14-13-15(6-8-18-14)17(21)20-11-4-5-16(7-12-20)19-9-2-3-10-19/h14-16,18H,2-13H2,1H3/t14-,15-,16?/m0/s1. The normalized spacial score (nSPS) is 35.7. The van der Waals surface area contributed by atoms with Gasteiger partial charge in [0.25, 0.3) is 0 Å². The highest BCUT2D eigenvalue weighted by Gasteiger charge is 2.31. The Bertz CT molecular complexity index is 354. The fraction of sp³-hybridized carbons (Fsp3) is 0.941. The quantitative estimate of drug-likeness (QED) is 0.844. The topological polar surface area (TPSA) is 35.6 Å². The third kappa shape index (κ3) is 3.78. The molecule has 3 heterocycles. The van der Waals surface area contributed by atoms with Gasteiger partial charge in [-0.2, -0.15) is 0 Å². The maximum atomic E-state index is 12.8. The number of likely N-dealkylation sites (tertiary alicyclic amines) is 2. The van der Waals surface area contributed by atoms with Crippen LogP contribution in [0.3, 0.4) is 0 Å². The van der Waals surface area contributed by atoms with Crippen molar-refractivity contribution < 1.29 is 4.79 Å². The summed E-state index contributed by atoms with van der Waals surface area (Å²) in [7, 11) is 0. The first-order chi connectivity index (χ1) is 10.2. The first kappa shape index (κ1) is 15.3. The molecule has 3 rings (SSSR count). The van der Waals surface area contributed by atoms with Crippen LogP contribution in [0.4, 0.5) is 0 Å². The second-order valence-corrected chi connectivity index (χ2v) is 7.23. The Hall–Kier alpha value is -0.610. The molecule has 0 spiro atoms. The molecule has 3 aliphatic rings. The molecule has 0 radical (unpaired) electrons. The molecule has 3 atom stereocenters.